The van der Waals surface area contributed by atoms with Crippen molar-refractivity contribution in [2.24, 2.45) is 0 Å². The topological polar surface area (TPSA) is 22.1 Å². The first kappa shape index (κ1) is 15.2. The molecule has 0 radical (unpaired) electrons. The molecule has 1 saturated carbocycles. The van der Waals surface area contributed by atoms with Crippen molar-refractivity contribution < 1.29 is 4.74 Å². The molecule has 1 aliphatic rings. The molecule has 2 nitrogen and oxygen atoms in total. The number of rotatable bonds is 3. The van der Waals surface area contributed by atoms with Crippen molar-refractivity contribution in [1.29, 1.82) is 0 Å². The van der Waals surface area contributed by atoms with Gasteiger partial charge in [0.2, 0.25) is 0 Å². The number of thiazole rings is 1. The highest BCUT2D eigenvalue weighted by molar-refractivity contribution is 9.10. The summed E-state index contributed by atoms with van der Waals surface area (Å²) >= 11 is 5.43. The molecule has 0 aliphatic heterocycles. The van der Waals surface area contributed by atoms with Gasteiger partial charge in [-0.15, -0.1) is 11.3 Å². The summed E-state index contributed by atoms with van der Waals surface area (Å²) in [5, 5.41) is 1.15. The van der Waals surface area contributed by atoms with Gasteiger partial charge in [0, 0.05) is 22.0 Å². The van der Waals surface area contributed by atoms with Gasteiger partial charge in [-0.2, -0.15) is 0 Å². The van der Waals surface area contributed by atoms with E-state index in [4.69, 9.17) is 9.72 Å². The standard InChI is InChI=1S/C17H20BrNOS/c1-12-15(13-8-4-5-9-14(13)18)19-16(21-12)17(20-2)10-6-3-7-11-17/h4-5,8-9H,3,6-7,10-11H2,1-2H3. The van der Waals surface area contributed by atoms with Crippen molar-refractivity contribution in [2.75, 3.05) is 7.11 Å². The third-order valence-corrected chi connectivity index (χ3v) is 6.21. The van der Waals surface area contributed by atoms with E-state index < -0.39 is 0 Å². The molecule has 1 heterocycles. The third kappa shape index (κ3) is 2.81. The maximum Gasteiger partial charge on any atom is 0.126 e. The highest BCUT2D eigenvalue weighted by Crippen LogP contribution is 2.44. The lowest BCUT2D eigenvalue weighted by Gasteiger charge is -2.34. The SMILES string of the molecule is COC1(c2nc(-c3ccccc3Br)c(C)s2)CCCCC1. The third-order valence-electron chi connectivity index (χ3n) is 4.37. The molecule has 1 aromatic carbocycles. The zero-order valence-electron chi connectivity index (χ0n) is 12.5. The lowest BCUT2D eigenvalue weighted by Crippen LogP contribution is -2.30. The van der Waals surface area contributed by atoms with Crippen LogP contribution in [0.2, 0.25) is 0 Å². The Morgan fingerprint density at radius 2 is 1.90 bits per heavy atom. The molecule has 0 N–H and O–H groups in total. The molecule has 1 aromatic heterocycles. The van der Waals surface area contributed by atoms with Crippen molar-refractivity contribution in [3.63, 3.8) is 0 Å². The Morgan fingerprint density at radius 1 is 1.19 bits per heavy atom. The van der Waals surface area contributed by atoms with E-state index in [1.165, 1.54) is 29.7 Å². The summed E-state index contributed by atoms with van der Waals surface area (Å²) in [6.07, 6.45) is 5.96. The monoisotopic (exact) mass is 365 g/mol. The van der Waals surface area contributed by atoms with Gasteiger partial charge in [0.05, 0.1) is 5.69 Å². The first-order valence-electron chi connectivity index (χ1n) is 7.44. The predicted molar refractivity (Wildman–Crippen MR) is 91.8 cm³/mol. The van der Waals surface area contributed by atoms with E-state index in [-0.39, 0.29) is 5.60 Å². The Morgan fingerprint density at radius 3 is 2.57 bits per heavy atom. The largest absolute Gasteiger partial charge is 0.371 e. The van der Waals surface area contributed by atoms with Crippen molar-refractivity contribution >= 4 is 27.3 Å². The molecule has 112 valence electrons. The van der Waals surface area contributed by atoms with Crippen LogP contribution in [0, 0.1) is 6.92 Å². The molecule has 21 heavy (non-hydrogen) atoms. The van der Waals surface area contributed by atoms with E-state index in [1.54, 1.807) is 11.3 Å². The maximum absolute atomic E-state index is 5.94. The van der Waals surface area contributed by atoms with Gasteiger partial charge >= 0.3 is 0 Å². The van der Waals surface area contributed by atoms with Crippen LogP contribution in [0.25, 0.3) is 11.3 Å². The van der Waals surface area contributed by atoms with Gasteiger partial charge in [-0.05, 0) is 25.8 Å². The van der Waals surface area contributed by atoms with E-state index in [1.807, 2.05) is 13.2 Å². The number of nitrogens with zero attached hydrogens (tertiary/aromatic N) is 1. The van der Waals surface area contributed by atoms with Gasteiger partial charge in [0.1, 0.15) is 10.6 Å². The molecule has 0 unspecified atom stereocenters. The second kappa shape index (κ2) is 6.19. The molecule has 1 fully saturated rings. The molecule has 1 aliphatic carbocycles. The normalized spacial score (nSPS) is 17.9. The van der Waals surface area contributed by atoms with Gasteiger partial charge in [0.15, 0.2) is 0 Å². The van der Waals surface area contributed by atoms with Crippen molar-refractivity contribution in [2.45, 2.75) is 44.6 Å². The van der Waals surface area contributed by atoms with Crippen molar-refractivity contribution in [1.82, 2.24) is 4.98 Å². The highest BCUT2D eigenvalue weighted by Gasteiger charge is 2.37. The molecule has 0 bridgehead atoms. The van der Waals surface area contributed by atoms with Crippen LogP contribution in [0.15, 0.2) is 28.7 Å². The van der Waals surface area contributed by atoms with E-state index in [0.717, 1.165) is 28.0 Å². The summed E-state index contributed by atoms with van der Waals surface area (Å²) in [5.74, 6) is 0. The fraction of sp³-hybridized carbons (Fsp3) is 0.471. The summed E-state index contributed by atoms with van der Waals surface area (Å²) in [5.41, 5.74) is 2.09. The molecule has 0 spiro atoms. The predicted octanol–water partition coefficient (Wildman–Crippen LogP) is 5.69. The second-order valence-electron chi connectivity index (χ2n) is 5.66. The Hall–Kier alpha value is -0.710. The van der Waals surface area contributed by atoms with Crippen molar-refractivity contribution in [3.05, 3.63) is 38.6 Å². The van der Waals surface area contributed by atoms with Crippen LogP contribution < -0.4 is 0 Å². The molecule has 0 atom stereocenters. The number of ether oxygens (including phenoxy) is 1. The maximum atomic E-state index is 5.94. The van der Waals surface area contributed by atoms with Crippen LogP contribution in [-0.2, 0) is 10.3 Å². The van der Waals surface area contributed by atoms with Crippen LogP contribution >= 0.6 is 27.3 Å². The van der Waals surface area contributed by atoms with Gasteiger partial charge < -0.3 is 4.74 Å². The van der Waals surface area contributed by atoms with Crippen LogP contribution in [0.4, 0.5) is 0 Å². The summed E-state index contributed by atoms with van der Waals surface area (Å²) in [7, 11) is 1.83. The van der Waals surface area contributed by atoms with Gasteiger partial charge in [0.25, 0.3) is 0 Å². The number of aromatic nitrogens is 1. The number of halogens is 1. The summed E-state index contributed by atoms with van der Waals surface area (Å²) in [6, 6.07) is 8.29. The lowest BCUT2D eigenvalue weighted by molar-refractivity contribution is -0.0445. The average molecular weight is 366 g/mol. The second-order valence-corrected chi connectivity index (χ2v) is 7.72. The van der Waals surface area contributed by atoms with Crippen LogP contribution in [0.1, 0.15) is 42.0 Å². The molecule has 0 amide bonds. The van der Waals surface area contributed by atoms with Crippen LogP contribution in [0.5, 0.6) is 0 Å². The first-order valence-corrected chi connectivity index (χ1v) is 9.05. The Kier molecular flexibility index (Phi) is 4.48. The minimum atomic E-state index is -0.160. The van der Waals surface area contributed by atoms with Crippen molar-refractivity contribution in [3.8, 4) is 11.3 Å². The molecule has 2 aromatic rings. The van der Waals surface area contributed by atoms with Gasteiger partial charge in [-0.25, -0.2) is 4.98 Å². The van der Waals surface area contributed by atoms with E-state index >= 15 is 0 Å². The summed E-state index contributed by atoms with van der Waals surface area (Å²) < 4.78 is 7.03. The van der Waals surface area contributed by atoms with Crippen LogP contribution in [-0.4, -0.2) is 12.1 Å². The quantitative estimate of drug-likeness (QED) is 0.697. The number of aryl methyl sites for hydroxylation is 1. The minimum absolute atomic E-state index is 0.160. The zero-order valence-corrected chi connectivity index (χ0v) is 14.9. The smallest absolute Gasteiger partial charge is 0.126 e. The highest BCUT2D eigenvalue weighted by atomic mass is 79.9. The molecular weight excluding hydrogens is 346 g/mol. The molecular formula is C17H20BrNOS. The fourth-order valence-electron chi connectivity index (χ4n) is 3.12. The fourth-order valence-corrected chi connectivity index (χ4v) is 4.75. The molecule has 4 heteroatoms. The lowest BCUT2D eigenvalue weighted by atomic mass is 9.85. The average Bonchev–Trinajstić information content (AvgIpc) is 2.91. The van der Waals surface area contributed by atoms with Crippen LogP contribution in [0.3, 0.4) is 0 Å². The van der Waals surface area contributed by atoms with E-state index in [0.29, 0.717) is 0 Å². The molecule has 3 rings (SSSR count). The zero-order chi connectivity index (χ0) is 14.9. The van der Waals surface area contributed by atoms with Gasteiger partial charge in [-0.1, -0.05) is 53.4 Å². The number of benzene rings is 1. The Balaban J connectivity index is 2.03. The number of hydrogen-bond acceptors (Lipinski definition) is 3. The number of methoxy groups -OCH3 is 1. The number of hydrogen-bond donors (Lipinski definition) is 0. The Labute approximate surface area is 138 Å². The summed E-state index contributed by atoms with van der Waals surface area (Å²) in [6.45, 7) is 2.15. The molecule has 0 saturated heterocycles. The van der Waals surface area contributed by atoms with Gasteiger partial charge in [-0.3, -0.25) is 0 Å². The minimum Gasteiger partial charge on any atom is -0.371 e. The summed E-state index contributed by atoms with van der Waals surface area (Å²) in [4.78, 5) is 6.23. The first-order chi connectivity index (χ1) is 10.2. The Bertz CT molecular complexity index is 631. The van der Waals surface area contributed by atoms with E-state index in [9.17, 15) is 0 Å². The van der Waals surface area contributed by atoms with E-state index in [2.05, 4.69) is 41.1 Å².